The minimum atomic E-state index is -1.20. The Bertz CT molecular complexity index is 692. The smallest absolute Gasteiger partial charge is 0.326 e. The van der Waals surface area contributed by atoms with E-state index in [0.717, 1.165) is 5.52 Å². The number of carboxylic acid groups (broad SMARTS) is 1. The van der Waals surface area contributed by atoms with Crippen LogP contribution in [0.4, 0.5) is 0 Å². The molecular weight excluding hydrogens is 274 g/mol. The predicted molar refractivity (Wildman–Crippen MR) is 75.6 cm³/mol. The lowest BCUT2D eigenvalue weighted by Crippen LogP contribution is -2.41. The van der Waals surface area contributed by atoms with Gasteiger partial charge >= 0.3 is 5.97 Å². The number of rotatable bonds is 6. The van der Waals surface area contributed by atoms with Crippen molar-refractivity contribution in [1.29, 1.82) is 0 Å². The number of carbonyl (C=O) groups is 3. The Kier molecular flexibility index (Phi) is 4.22. The molecule has 1 atom stereocenters. The Labute approximate surface area is 120 Å². The number of nitrogens with one attached hydrogen (secondary N) is 2. The maximum atomic E-state index is 12.2. The van der Waals surface area contributed by atoms with E-state index in [0.29, 0.717) is 10.9 Å². The molecular formula is C14H15N3O4. The van der Waals surface area contributed by atoms with E-state index in [2.05, 4.69) is 10.3 Å². The van der Waals surface area contributed by atoms with Gasteiger partial charge in [0.15, 0.2) is 0 Å². The van der Waals surface area contributed by atoms with Crippen LogP contribution in [-0.4, -0.2) is 33.9 Å². The van der Waals surface area contributed by atoms with Crippen molar-refractivity contribution in [1.82, 2.24) is 10.3 Å². The van der Waals surface area contributed by atoms with E-state index < -0.39 is 23.8 Å². The first-order valence-electron chi connectivity index (χ1n) is 6.37. The number of aromatic nitrogens is 1. The number of benzene rings is 1. The van der Waals surface area contributed by atoms with Gasteiger partial charge in [0.2, 0.25) is 5.91 Å². The summed E-state index contributed by atoms with van der Waals surface area (Å²) in [4.78, 5) is 36.9. The van der Waals surface area contributed by atoms with Crippen LogP contribution in [0.15, 0.2) is 30.5 Å². The highest BCUT2D eigenvalue weighted by atomic mass is 16.4. The Morgan fingerprint density at radius 2 is 2.00 bits per heavy atom. The van der Waals surface area contributed by atoms with Crippen molar-refractivity contribution < 1.29 is 19.5 Å². The van der Waals surface area contributed by atoms with Crippen molar-refractivity contribution in [3.63, 3.8) is 0 Å². The molecule has 0 aliphatic heterocycles. The van der Waals surface area contributed by atoms with Crippen molar-refractivity contribution in [2.45, 2.75) is 18.9 Å². The number of carbonyl (C=O) groups excluding carboxylic acids is 2. The number of hydrogen-bond acceptors (Lipinski definition) is 3. The molecule has 2 aromatic rings. The van der Waals surface area contributed by atoms with Gasteiger partial charge in [-0.05, 0) is 12.5 Å². The highest BCUT2D eigenvalue weighted by Gasteiger charge is 2.22. The molecule has 21 heavy (non-hydrogen) atoms. The lowest BCUT2D eigenvalue weighted by Gasteiger charge is -2.13. The number of aliphatic carboxylic acids is 1. The van der Waals surface area contributed by atoms with E-state index in [1.165, 1.54) is 6.20 Å². The minimum absolute atomic E-state index is 0.0429. The van der Waals surface area contributed by atoms with E-state index in [-0.39, 0.29) is 12.8 Å². The van der Waals surface area contributed by atoms with Gasteiger partial charge in [-0.3, -0.25) is 9.59 Å². The summed E-state index contributed by atoms with van der Waals surface area (Å²) in [7, 11) is 0. The van der Waals surface area contributed by atoms with Crippen molar-refractivity contribution in [3.8, 4) is 0 Å². The Morgan fingerprint density at radius 1 is 1.29 bits per heavy atom. The Balaban J connectivity index is 2.15. The molecule has 1 aromatic carbocycles. The van der Waals surface area contributed by atoms with Gasteiger partial charge < -0.3 is 21.1 Å². The third-order valence-electron chi connectivity index (χ3n) is 3.12. The molecule has 0 unspecified atom stereocenters. The summed E-state index contributed by atoms with van der Waals surface area (Å²) in [5.41, 5.74) is 6.13. The summed E-state index contributed by atoms with van der Waals surface area (Å²) in [6.45, 7) is 0. The van der Waals surface area contributed by atoms with Gasteiger partial charge in [0.05, 0.1) is 5.56 Å². The van der Waals surface area contributed by atoms with E-state index in [1.54, 1.807) is 12.1 Å². The number of aromatic amines is 1. The first kappa shape index (κ1) is 14.6. The number of hydrogen-bond donors (Lipinski definition) is 4. The Hall–Kier alpha value is -2.83. The summed E-state index contributed by atoms with van der Waals surface area (Å²) in [6.07, 6.45) is 1.37. The van der Waals surface area contributed by atoms with Crippen LogP contribution >= 0.6 is 0 Å². The maximum Gasteiger partial charge on any atom is 0.326 e. The molecule has 1 heterocycles. The molecule has 0 saturated heterocycles. The van der Waals surface area contributed by atoms with Gasteiger partial charge in [0.25, 0.3) is 5.91 Å². The highest BCUT2D eigenvalue weighted by molar-refractivity contribution is 6.07. The second-order valence-corrected chi connectivity index (χ2v) is 4.62. The number of primary amides is 1. The van der Waals surface area contributed by atoms with Gasteiger partial charge in [-0.15, -0.1) is 0 Å². The second kappa shape index (κ2) is 6.08. The normalized spacial score (nSPS) is 12.0. The topological polar surface area (TPSA) is 125 Å². The van der Waals surface area contributed by atoms with Crippen LogP contribution in [0, 0.1) is 0 Å². The first-order chi connectivity index (χ1) is 9.99. The highest BCUT2D eigenvalue weighted by Crippen LogP contribution is 2.17. The molecule has 0 bridgehead atoms. The van der Waals surface area contributed by atoms with Crippen molar-refractivity contribution >= 4 is 28.7 Å². The summed E-state index contributed by atoms with van der Waals surface area (Å²) in [6, 6.07) is 6.04. The quantitative estimate of drug-likeness (QED) is 0.621. The molecule has 0 fully saturated rings. The standard InChI is InChI=1S/C14H15N3O4/c15-12(18)6-5-11(14(20)21)17-13(19)9-7-16-10-4-2-1-3-8(9)10/h1-4,7,11,16H,5-6H2,(H2,15,18)(H,17,19)(H,20,21)/t11-/m0/s1. The molecule has 2 rings (SSSR count). The molecule has 1 aromatic heterocycles. The Morgan fingerprint density at radius 3 is 2.67 bits per heavy atom. The van der Waals surface area contributed by atoms with E-state index in [4.69, 9.17) is 10.8 Å². The molecule has 0 spiro atoms. The first-order valence-corrected chi connectivity index (χ1v) is 6.37. The lowest BCUT2D eigenvalue weighted by atomic mass is 10.1. The fraction of sp³-hybridized carbons (Fsp3) is 0.214. The van der Waals surface area contributed by atoms with Gasteiger partial charge in [-0.25, -0.2) is 4.79 Å². The zero-order valence-corrected chi connectivity index (χ0v) is 11.1. The SMILES string of the molecule is NC(=O)CC[C@H](NC(=O)c1c[nH]c2ccccc12)C(=O)O. The van der Waals surface area contributed by atoms with Crippen LogP contribution in [0.25, 0.3) is 10.9 Å². The fourth-order valence-electron chi connectivity index (χ4n) is 2.04. The molecule has 2 amide bonds. The fourth-order valence-corrected chi connectivity index (χ4v) is 2.04. The van der Waals surface area contributed by atoms with E-state index >= 15 is 0 Å². The van der Waals surface area contributed by atoms with Crippen LogP contribution in [0.2, 0.25) is 0 Å². The summed E-state index contributed by atoms with van der Waals surface area (Å²) < 4.78 is 0. The number of nitrogens with two attached hydrogens (primary N) is 1. The number of H-pyrrole nitrogens is 1. The van der Waals surface area contributed by atoms with Crippen LogP contribution in [-0.2, 0) is 9.59 Å². The predicted octanol–water partition coefficient (Wildman–Crippen LogP) is 0.616. The van der Waals surface area contributed by atoms with Crippen LogP contribution < -0.4 is 11.1 Å². The molecule has 0 aliphatic rings. The molecule has 7 heteroatoms. The van der Waals surface area contributed by atoms with Crippen molar-refractivity contribution in [2.75, 3.05) is 0 Å². The second-order valence-electron chi connectivity index (χ2n) is 4.62. The minimum Gasteiger partial charge on any atom is -0.480 e. The molecule has 5 N–H and O–H groups in total. The summed E-state index contributed by atoms with van der Waals surface area (Å²) >= 11 is 0. The number of carboxylic acids is 1. The van der Waals surface area contributed by atoms with Crippen LogP contribution in [0.1, 0.15) is 23.2 Å². The van der Waals surface area contributed by atoms with E-state index in [9.17, 15) is 14.4 Å². The third kappa shape index (κ3) is 3.38. The molecule has 110 valence electrons. The zero-order valence-electron chi connectivity index (χ0n) is 11.1. The average molecular weight is 289 g/mol. The van der Waals surface area contributed by atoms with Crippen molar-refractivity contribution in [2.24, 2.45) is 5.73 Å². The van der Waals surface area contributed by atoms with Crippen molar-refractivity contribution in [3.05, 3.63) is 36.0 Å². The van der Waals surface area contributed by atoms with Gasteiger partial charge in [-0.1, -0.05) is 18.2 Å². The molecule has 0 radical (unpaired) electrons. The third-order valence-corrected chi connectivity index (χ3v) is 3.12. The largest absolute Gasteiger partial charge is 0.480 e. The van der Waals surface area contributed by atoms with Gasteiger partial charge in [0, 0.05) is 23.5 Å². The molecule has 0 saturated carbocycles. The van der Waals surface area contributed by atoms with E-state index in [1.807, 2.05) is 12.1 Å². The molecule has 0 aliphatic carbocycles. The lowest BCUT2D eigenvalue weighted by molar-refractivity contribution is -0.139. The monoisotopic (exact) mass is 289 g/mol. The van der Waals surface area contributed by atoms with Gasteiger partial charge in [-0.2, -0.15) is 0 Å². The number of para-hydroxylation sites is 1. The average Bonchev–Trinajstić information content (AvgIpc) is 2.86. The summed E-state index contributed by atoms with van der Waals surface area (Å²) in [5.74, 6) is -2.32. The number of fused-ring (bicyclic) bond motifs is 1. The van der Waals surface area contributed by atoms with Gasteiger partial charge in [0.1, 0.15) is 6.04 Å². The van der Waals surface area contributed by atoms with Crippen LogP contribution in [0.5, 0.6) is 0 Å². The summed E-state index contributed by atoms with van der Waals surface area (Å²) in [5, 5.41) is 12.2. The number of amides is 2. The molecule has 7 nitrogen and oxygen atoms in total. The van der Waals surface area contributed by atoms with Crippen LogP contribution in [0.3, 0.4) is 0 Å². The maximum absolute atomic E-state index is 12.2. The zero-order chi connectivity index (χ0) is 15.4.